The molecule has 0 aliphatic rings. The molecular weight excluding hydrogens is 218 g/mol. The molecule has 0 spiro atoms. The number of nitrogens with one attached hydrogen (secondary N) is 1. The maximum absolute atomic E-state index is 5.53. The van der Waals surface area contributed by atoms with Crippen LogP contribution in [0.3, 0.4) is 0 Å². The van der Waals surface area contributed by atoms with Gasteiger partial charge in [-0.2, -0.15) is 0 Å². The van der Waals surface area contributed by atoms with E-state index in [1.54, 1.807) is 0 Å². The lowest BCUT2D eigenvalue weighted by molar-refractivity contribution is 0.00589. The number of hydrogen-bond donors (Lipinski definition) is 1. The van der Waals surface area contributed by atoms with E-state index >= 15 is 0 Å². The van der Waals surface area contributed by atoms with Crippen LogP contribution in [0.4, 0.5) is 0 Å². The molecule has 0 aromatic rings. The van der Waals surface area contributed by atoms with E-state index in [9.17, 15) is 0 Å². The molecule has 4 nitrogen and oxygen atoms in total. The first-order valence-electron chi connectivity index (χ1n) is 6.56. The van der Waals surface area contributed by atoms with Crippen LogP contribution in [0.15, 0.2) is 0 Å². The molecule has 0 aliphatic carbocycles. The van der Waals surface area contributed by atoms with Crippen molar-refractivity contribution in [2.24, 2.45) is 11.8 Å². The molecule has 0 heterocycles. The minimum Gasteiger partial charge on any atom is -0.379 e. The van der Waals surface area contributed by atoms with E-state index in [-0.39, 0.29) is 0 Å². The number of hydrogen-bond acceptors (Lipinski definition) is 4. The summed E-state index contributed by atoms with van der Waals surface area (Å²) >= 11 is 0. The Morgan fingerprint density at radius 3 is 1.88 bits per heavy atom. The Bertz CT molecular complexity index is 154. The zero-order valence-corrected chi connectivity index (χ0v) is 11.8. The molecule has 0 radical (unpaired) electrons. The third-order valence-corrected chi connectivity index (χ3v) is 2.76. The largest absolute Gasteiger partial charge is 0.379 e. The second-order valence-corrected chi connectivity index (χ2v) is 4.62. The topological polar surface area (TPSA) is 39.7 Å². The van der Waals surface area contributed by atoms with Crippen LogP contribution in [-0.4, -0.2) is 53.2 Å². The minimum absolute atomic E-state index is 0.611. The van der Waals surface area contributed by atoms with Crippen LogP contribution in [0.1, 0.15) is 20.8 Å². The maximum atomic E-state index is 5.53. The molecule has 0 rings (SSSR count). The van der Waals surface area contributed by atoms with Crippen LogP contribution < -0.4 is 5.32 Å². The molecule has 0 bridgehead atoms. The Kier molecular flexibility index (Phi) is 12.2. The SMILES string of the molecule is CNCCOCCOCCOCC(C)C(C)C. The zero-order valence-electron chi connectivity index (χ0n) is 11.8. The molecule has 0 amide bonds. The average molecular weight is 247 g/mol. The molecule has 1 atom stereocenters. The fraction of sp³-hybridized carbons (Fsp3) is 1.00. The van der Waals surface area contributed by atoms with E-state index in [0.717, 1.165) is 19.8 Å². The molecule has 0 fully saturated rings. The molecule has 1 unspecified atom stereocenters. The Balaban J connectivity index is 3.03. The van der Waals surface area contributed by atoms with Gasteiger partial charge in [0.15, 0.2) is 0 Å². The van der Waals surface area contributed by atoms with Gasteiger partial charge >= 0.3 is 0 Å². The number of rotatable bonds is 12. The van der Waals surface area contributed by atoms with Crippen molar-refractivity contribution in [1.29, 1.82) is 0 Å². The fourth-order valence-corrected chi connectivity index (χ4v) is 1.08. The Hall–Kier alpha value is -0.160. The first-order chi connectivity index (χ1) is 8.18. The van der Waals surface area contributed by atoms with Crippen molar-refractivity contribution in [3.05, 3.63) is 0 Å². The lowest BCUT2D eigenvalue weighted by atomic mass is 9.99. The van der Waals surface area contributed by atoms with E-state index in [1.165, 1.54) is 0 Å². The highest BCUT2D eigenvalue weighted by Crippen LogP contribution is 2.09. The monoisotopic (exact) mass is 247 g/mol. The minimum atomic E-state index is 0.611. The molecule has 4 heteroatoms. The quantitative estimate of drug-likeness (QED) is 0.531. The van der Waals surface area contributed by atoms with E-state index in [2.05, 4.69) is 26.1 Å². The molecule has 0 saturated carbocycles. The van der Waals surface area contributed by atoms with Gasteiger partial charge in [-0.1, -0.05) is 20.8 Å². The molecule has 0 saturated heterocycles. The van der Waals surface area contributed by atoms with Gasteiger partial charge < -0.3 is 19.5 Å². The van der Waals surface area contributed by atoms with Crippen LogP contribution in [0, 0.1) is 11.8 Å². The molecule has 0 aromatic heterocycles. The summed E-state index contributed by atoms with van der Waals surface area (Å²) in [6, 6.07) is 0. The molecule has 104 valence electrons. The smallest absolute Gasteiger partial charge is 0.0701 e. The van der Waals surface area contributed by atoms with Crippen molar-refractivity contribution in [2.45, 2.75) is 20.8 Å². The highest BCUT2D eigenvalue weighted by molar-refractivity contribution is 4.54. The zero-order chi connectivity index (χ0) is 12.9. The van der Waals surface area contributed by atoms with E-state index in [4.69, 9.17) is 14.2 Å². The fourth-order valence-electron chi connectivity index (χ4n) is 1.08. The summed E-state index contributed by atoms with van der Waals surface area (Å²) in [5.41, 5.74) is 0. The molecule has 0 aromatic carbocycles. The lowest BCUT2D eigenvalue weighted by Gasteiger charge is -2.15. The van der Waals surface area contributed by atoms with Gasteiger partial charge in [-0.15, -0.1) is 0 Å². The Morgan fingerprint density at radius 1 is 0.824 bits per heavy atom. The van der Waals surface area contributed by atoms with Crippen molar-refractivity contribution >= 4 is 0 Å². The summed E-state index contributed by atoms with van der Waals surface area (Å²) in [6.45, 7) is 11.7. The Morgan fingerprint density at radius 2 is 1.35 bits per heavy atom. The second kappa shape index (κ2) is 12.3. The highest BCUT2D eigenvalue weighted by Gasteiger charge is 2.06. The van der Waals surface area contributed by atoms with Gasteiger partial charge in [0.05, 0.1) is 33.0 Å². The second-order valence-electron chi connectivity index (χ2n) is 4.62. The third kappa shape index (κ3) is 12.1. The van der Waals surface area contributed by atoms with Gasteiger partial charge in [-0.3, -0.25) is 0 Å². The van der Waals surface area contributed by atoms with Crippen molar-refractivity contribution in [2.75, 3.05) is 53.2 Å². The number of ether oxygens (including phenoxy) is 3. The predicted molar refractivity (Wildman–Crippen MR) is 70.4 cm³/mol. The van der Waals surface area contributed by atoms with Crippen molar-refractivity contribution in [3.63, 3.8) is 0 Å². The first-order valence-corrected chi connectivity index (χ1v) is 6.56. The van der Waals surface area contributed by atoms with E-state index in [0.29, 0.717) is 38.3 Å². The average Bonchev–Trinajstić information content (AvgIpc) is 2.31. The van der Waals surface area contributed by atoms with Crippen molar-refractivity contribution in [3.8, 4) is 0 Å². The number of likely N-dealkylation sites (N-methyl/N-ethyl adjacent to an activating group) is 1. The Labute approximate surface area is 106 Å². The van der Waals surface area contributed by atoms with Gasteiger partial charge in [0, 0.05) is 13.2 Å². The molecular formula is C13H29NO3. The van der Waals surface area contributed by atoms with Crippen LogP contribution in [0.25, 0.3) is 0 Å². The van der Waals surface area contributed by atoms with Crippen LogP contribution in [-0.2, 0) is 14.2 Å². The van der Waals surface area contributed by atoms with Crippen LogP contribution >= 0.6 is 0 Å². The summed E-state index contributed by atoms with van der Waals surface area (Å²) in [5, 5.41) is 3.02. The van der Waals surface area contributed by atoms with Crippen LogP contribution in [0.2, 0.25) is 0 Å². The molecule has 0 aliphatic heterocycles. The summed E-state index contributed by atoms with van der Waals surface area (Å²) in [4.78, 5) is 0. The van der Waals surface area contributed by atoms with Gasteiger partial charge in [0.2, 0.25) is 0 Å². The van der Waals surface area contributed by atoms with Gasteiger partial charge in [-0.05, 0) is 18.9 Å². The summed E-state index contributed by atoms with van der Waals surface area (Å²) in [6.07, 6.45) is 0. The summed E-state index contributed by atoms with van der Waals surface area (Å²) in [5.74, 6) is 1.29. The summed E-state index contributed by atoms with van der Waals surface area (Å²) in [7, 11) is 1.91. The van der Waals surface area contributed by atoms with Crippen LogP contribution in [0.5, 0.6) is 0 Å². The molecule has 17 heavy (non-hydrogen) atoms. The van der Waals surface area contributed by atoms with Gasteiger partial charge in [0.1, 0.15) is 0 Å². The standard InChI is InChI=1S/C13H29NO3/c1-12(2)13(3)11-17-10-9-16-8-7-15-6-5-14-4/h12-14H,5-11H2,1-4H3. The maximum Gasteiger partial charge on any atom is 0.0701 e. The van der Waals surface area contributed by atoms with Gasteiger partial charge in [0.25, 0.3) is 0 Å². The van der Waals surface area contributed by atoms with E-state index in [1.807, 2.05) is 7.05 Å². The van der Waals surface area contributed by atoms with Crippen molar-refractivity contribution < 1.29 is 14.2 Å². The highest BCUT2D eigenvalue weighted by atomic mass is 16.5. The summed E-state index contributed by atoms with van der Waals surface area (Å²) < 4.78 is 16.2. The van der Waals surface area contributed by atoms with Crippen molar-refractivity contribution in [1.82, 2.24) is 5.32 Å². The lowest BCUT2D eigenvalue weighted by Crippen LogP contribution is -2.17. The normalized spacial score (nSPS) is 13.2. The predicted octanol–water partition coefficient (Wildman–Crippen LogP) is 1.55. The molecule has 1 N–H and O–H groups in total. The first kappa shape index (κ1) is 16.8. The van der Waals surface area contributed by atoms with E-state index < -0.39 is 0 Å². The third-order valence-electron chi connectivity index (χ3n) is 2.76. The van der Waals surface area contributed by atoms with Gasteiger partial charge in [-0.25, -0.2) is 0 Å².